The van der Waals surface area contributed by atoms with Gasteiger partial charge in [-0.25, -0.2) is 0 Å². The Morgan fingerprint density at radius 1 is 1.25 bits per heavy atom. The van der Waals surface area contributed by atoms with Gasteiger partial charge < -0.3 is 0 Å². The van der Waals surface area contributed by atoms with Crippen molar-refractivity contribution in [1.29, 1.82) is 0 Å². The zero-order valence-corrected chi connectivity index (χ0v) is 6.37. The van der Waals surface area contributed by atoms with E-state index in [-0.39, 0.29) is 0 Å². The molecule has 1 nitrogen and oxygen atoms in total. The van der Waals surface area contributed by atoms with Crippen LogP contribution in [0.3, 0.4) is 0 Å². The van der Waals surface area contributed by atoms with E-state index in [0.717, 1.165) is 6.29 Å². The predicted octanol–water partition coefficient (Wildman–Crippen LogP) is 1.46. The number of carbonyl (C=O) groups excluding carboxylic acids is 1. The lowest BCUT2D eigenvalue weighted by Crippen LogP contribution is -1.87. The number of terminal acetylenes is 2. The molecule has 0 aliphatic heterocycles. The van der Waals surface area contributed by atoms with Crippen molar-refractivity contribution in [2.75, 3.05) is 0 Å². The average Bonchev–Trinajstić information content (AvgIpc) is 2.16. The number of benzene rings is 1. The van der Waals surface area contributed by atoms with E-state index in [4.69, 9.17) is 12.8 Å². The van der Waals surface area contributed by atoms with E-state index in [1.807, 2.05) is 0 Å². The van der Waals surface area contributed by atoms with Crippen molar-refractivity contribution in [2.24, 2.45) is 0 Å². The maximum atomic E-state index is 10.4. The van der Waals surface area contributed by atoms with Crippen molar-refractivity contribution in [3.05, 3.63) is 34.9 Å². The van der Waals surface area contributed by atoms with Gasteiger partial charge in [0.25, 0.3) is 0 Å². The van der Waals surface area contributed by atoms with Crippen LogP contribution in [-0.2, 0) is 0 Å². The van der Waals surface area contributed by atoms with Crippen molar-refractivity contribution >= 4 is 6.29 Å². The molecule has 0 bridgehead atoms. The van der Waals surface area contributed by atoms with Gasteiger partial charge in [-0.2, -0.15) is 0 Å². The number of hydrogen-bond acceptors (Lipinski definition) is 1. The summed E-state index contributed by atoms with van der Waals surface area (Å²) in [5.74, 6) is 4.84. The fourth-order valence-electron chi connectivity index (χ4n) is 0.874. The van der Waals surface area contributed by atoms with Crippen LogP contribution in [0, 0.1) is 24.7 Å². The molecular formula is C11H6O. The summed E-state index contributed by atoms with van der Waals surface area (Å²) in [7, 11) is 0. The number of carbonyl (C=O) groups is 1. The zero-order chi connectivity index (χ0) is 8.97. The lowest BCUT2D eigenvalue weighted by atomic mass is 10.1. The molecule has 56 valence electrons. The quantitative estimate of drug-likeness (QED) is 0.442. The molecule has 0 aliphatic carbocycles. The third-order valence-electron chi connectivity index (χ3n) is 1.50. The molecule has 0 fully saturated rings. The first kappa shape index (κ1) is 8.11. The first-order valence-corrected chi connectivity index (χ1v) is 3.34. The molecule has 0 saturated heterocycles. The molecule has 0 heterocycles. The molecule has 1 rings (SSSR count). The molecule has 1 heteroatoms. The molecule has 1 aromatic rings. The Morgan fingerprint density at radius 2 is 2.00 bits per heavy atom. The summed E-state index contributed by atoms with van der Waals surface area (Å²) >= 11 is 0. The van der Waals surface area contributed by atoms with Crippen LogP contribution in [0.25, 0.3) is 0 Å². The lowest BCUT2D eigenvalue weighted by molar-refractivity contribution is 0.112. The molecular weight excluding hydrogens is 148 g/mol. The molecule has 0 atom stereocenters. The molecule has 0 radical (unpaired) electrons. The minimum absolute atomic E-state index is 0.497. The van der Waals surface area contributed by atoms with Crippen LogP contribution in [-0.4, -0.2) is 6.29 Å². The highest BCUT2D eigenvalue weighted by Crippen LogP contribution is 2.07. The van der Waals surface area contributed by atoms with Crippen LogP contribution in [0.15, 0.2) is 18.2 Å². The second-order valence-corrected chi connectivity index (χ2v) is 2.21. The maximum Gasteiger partial charge on any atom is 0.151 e. The number of rotatable bonds is 1. The summed E-state index contributed by atoms with van der Waals surface area (Å²) < 4.78 is 0. The van der Waals surface area contributed by atoms with Crippen LogP contribution < -0.4 is 0 Å². The normalized spacial score (nSPS) is 8.17. The van der Waals surface area contributed by atoms with Gasteiger partial charge in [-0.15, -0.1) is 12.8 Å². The van der Waals surface area contributed by atoms with E-state index < -0.39 is 0 Å². The van der Waals surface area contributed by atoms with Crippen LogP contribution in [0.4, 0.5) is 0 Å². The van der Waals surface area contributed by atoms with E-state index in [0.29, 0.717) is 16.7 Å². The number of hydrogen-bond donors (Lipinski definition) is 0. The van der Waals surface area contributed by atoms with Crippen molar-refractivity contribution in [2.45, 2.75) is 0 Å². The average molecular weight is 154 g/mol. The highest BCUT2D eigenvalue weighted by molar-refractivity contribution is 5.79. The van der Waals surface area contributed by atoms with Crippen LogP contribution in [0.2, 0.25) is 0 Å². The van der Waals surface area contributed by atoms with E-state index in [9.17, 15) is 4.79 Å². The SMILES string of the molecule is C#Cc1ccc(C=O)c(C#C)c1. The van der Waals surface area contributed by atoms with E-state index in [2.05, 4.69) is 11.8 Å². The van der Waals surface area contributed by atoms with Gasteiger partial charge in [0.1, 0.15) is 0 Å². The largest absolute Gasteiger partial charge is 0.298 e. The molecule has 1 aromatic carbocycles. The topological polar surface area (TPSA) is 17.1 Å². The van der Waals surface area contributed by atoms with Crippen molar-refractivity contribution in [1.82, 2.24) is 0 Å². The first-order valence-electron chi connectivity index (χ1n) is 3.34. The van der Waals surface area contributed by atoms with Crippen molar-refractivity contribution < 1.29 is 4.79 Å². The summed E-state index contributed by atoms with van der Waals surface area (Å²) in [6.07, 6.45) is 11.0. The van der Waals surface area contributed by atoms with Gasteiger partial charge in [-0.1, -0.05) is 11.8 Å². The first-order chi connectivity index (χ1) is 5.81. The van der Waals surface area contributed by atoms with E-state index in [1.54, 1.807) is 18.2 Å². The van der Waals surface area contributed by atoms with Gasteiger partial charge in [-0.05, 0) is 18.2 Å². The van der Waals surface area contributed by atoms with Gasteiger partial charge in [0.2, 0.25) is 0 Å². The highest BCUT2D eigenvalue weighted by Gasteiger charge is 1.98. The summed E-state index contributed by atoms with van der Waals surface area (Å²) in [5, 5.41) is 0. The molecule has 0 amide bonds. The lowest BCUT2D eigenvalue weighted by Gasteiger charge is -1.96. The fraction of sp³-hybridized carbons (Fsp3) is 0. The Kier molecular flexibility index (Phi) is 2.31. The Balaban J connectivity index is 3.34. The molecule has 0 saturated carbocycles. The molecule has 0 unspecified atom stereocenters. The summed E-state index contributed by atoms with van der Waals surface area (Å²) in [5.41, 5.74) is 1.73. The highest BCUT2D eigenvalue weighted by atomic mass is 16.1. The van der Waals surface area contributed by atoms with Gasteiger partial charge in [0, 0.05) is 16.7 Å². The van der Waals surface area contributed by atoms with Crippen molar-refractivity contribution in [3.8, 4) is 24.7 Å². The predicted molar refractivity (Wildman–Crippen MR) is 47.7 cm³/mol. The molecule has 0 aromatic heterocycles. The minimum atomic E-state index is 0.497. The molecule has 0 N–H and O–H groups in total. The minimum Gasteiger partial charge on any atom is -0.298 e. The fourth-order valence-corrected chi connectivity index (χ4v) is 0.874. The molecule has 0 spiro atoms. The van der Waals surface area contributed by atoms with Gasteiger partial charge in [-0.3, -0.25) is 4.79 Å². The third-order valence-corrected chi connectivity index (χ3v) is 1.50. The second-order valence-electron chi connectivity index (χ2n) is 2.21. The maximum absolute atomic E-state index is 10.4. The monoisotopic (exact) mass is 154 g/mol. The second kappa shape index (κ2) is 3.42. The van der Waals surface area contributed by atoms with Gasteiger partial charge in [0.15, 0.2) is 6.29 Å². The standard InChI is InChI=1S/C11H6O/c1-3-9-5-6-11(8-12)10(4-2)7-9/h1-2,5-8H. The summed E-state index contributed by atoms with van der Waals surface area (Å²) in [6.45, 7) is 0. The van der Waals surface area contributed by atoms with Crippen LogP contribution >= 0.6 is 0 Å². The number of aldehydes is 1. The van der Waals surface area contributed by atoms with Crippen LogP contribution in [0.5, 0.6) is 0 Å². The Bertz CT molecular complexity index is 388. The van der Waals surface area contributed by atoms with Gasteiger partial charge >= 0.3 is 0 Å². The Hall–Kier alpha value is -1.99. The molecule has 0 aliphatic rings. The third kappa shape index (κ3) is 1.36. The van der Waals surface area contributed by atoms with Gasteiger partial charge in [0.05, 0.1) is 0 Å². The van der Waals surface area contributed by atoms with E-state index >= 15 is 0 Å². The Morgan fingerprint density at radius 3 is 2.50 bits per heavy atom. The zero-order valence-electron chi connectivity index (χ0n) is 6.37. The summed E-state index contributed by atoms with van der Waals surface area (Å²) in [6, 6.07) is 4.95. The van der Waals surface area contributed by atoms with Crippen molar-refractivity contribution in [3.63, 3.8) is 0 Å². The smallest absolute Gasteiger partial charge is 0.151 e. The van der Waals surface area contributed by atoms with E-state index in [1.165, 1.54) is 0 Å². The van der Waals surface area contributed by atoms with Crippen LogP contribution in [0.1, 0.15) is 21.5 Å². The Labute approximate surface area is 71.4 Å². The summed E-state index contributed by atoms with van der Waals surface area (Å²) in [4.78, 5) is 10.4. The molecule has 12 heavy (non-hydrogen) atoms.